The zero-order valence-corrected chi connectivity index (χ0v) is 9.74. The Morgan fingerprint density at radius 2 is 2.27 bits per heavy atom. The van der Waals surface area contributed by atoms with Gasteiger partial charge < -0.3 is 5.32 Å². The molecule has 0 bridgehead atoms. The molecule has 0 aromatic heterocycles. The first-order valence-electron chi connectivity index (χ1n) is 5.20. The number of hydrogen-bond acceptors (Lipinski definition) is 1. The van der Waals surface area contributed by atoms with Crippen molar-refractivity contribution in [3.05, 3.63) is 34.6 Å². The summed E-state index contributed by atoms with van der Waals surface area (Å²) in [6.07, 6.45) is 1.15. The Hall–Kier alpha value is -0.600. The Labute approximate surface area is 94.6 Å². The Morgan fingerprint density at radius 1 is 1.60 bits per heavy atom. The molecule has 2 rings (SSSR count). The molecule has 0 heterocycles. The number of rotatable bonds is 3. The lowest BCUT2D eigenvalue weighted by atomic mass is 9.93. The van der Waals surface area contributed by atoms with Crippen molar-refractivity contribution in [2.45, 2.75) is 18.8 Å². The molecule has 1 aromatic carbocycles. The van der Waals surface area contributed by atoms with E-state index in [2.05, 4.69) is 12.2 Å². The van der Waals surface area contributed by atoms with E-state index in [1.807, 2.05) is 13.1 Å². The van der Waals surface area contributed by atoms with Gasteiger partial charge in [-0.25, -0.2) is 4.39 Å². The van der Waals surface area contributed by atoms with Crippen LogP contribution in [-0.2, 0) is 5.41 Å². The molecule has 1 fully saturated rings. The van der Waals surface area contributed by atoms with Crippen LogP contribution in [0, 0.1) is 11.7 Å². The molecule has 2 atom stereocenters. The molecule has 0 amide bonds. The highest BCUT2D eigenvalue weighted by atomic mass is 35.5. The third-order valence-electron chi connectivity index (χ3n) is 3.44. The summed E-state index contributed by atoms with van der Waals surface area (Å²) >= 11 is 5.80. The molecule has 82 valence electrons. The van der Waals surface area contributed by atoms with Gasteiger partial charge in [0.05, 0.1) is 5.02 Å². The average Bonchev–Trinajstić information content (AvgIpc) is 2.83. The van der Waals surface area contributed by atoms with Crippen molar-refractivity contribution in [3.8, 4) is 0 Å². The van der Waals surface area contributed by atoms with Crippen LogP contribution in [-0.4, -0.2) is 13.6 Å². The van der Waals surface area contributed by atoms with Gasteiger partial charge in [-0.15, -0.1) is 0 Å². The van der Waals surface area contributed by atoms with Gasteiger partial charge in [0.2, 0.25) is 0 Å². The van der Waals surface area contributed by atoms with Crippen molar-refractivity contribution >= 4 is 11.6 Å². The summed E-state index contributed by atoms with van der Waals surface area (Å²) in [5.41, 5.74) is 1.32. The van der Waals surface area contributed by atoms with E-state index in [1.54, 1.807) is 6.07 Å². The first-order valence-corrected chi connectivity index (χ1v) is 5.58. The second kappa shape index (κ2) is 3.76. The van der Waals surface area contributed by atoms with Crippen LogP contribution in [0.3, 0.4) is 0 Å². The third-order valence-corrected chi connectivity index (χ3v) is 3.73. The van der Waals surface area contributed by atoms with Crippen LogP contribution < -0.4 is 5.32 Å². The highest BCUT2D eigenvalue weighted by Gasteiger charge is 2.51. The second-order valence-corrected chi connectivity index (χ2v) is 4.83. The highest BCUT2D eigenvalue weighted by Crippen LogP contribution is 2.53. The van der Waals surface area contributed by atoms with Gasteiger partial charge in [0, 0.05) is 12.0 Å². The summed E-state index contributed by atoms with van der Waals surface area (Å²) in [5.74, 6) is 0.305. The molecule has 1 saturated carbocycles. The zero-order chi connectivity index (χ0) is 11.1. The Morgan fingerprint density at radius 3 is 2.73 bits per heavy atom. The average molecular weight is 228 g/mol. The molecule has 15 heavy (non-hydrogen) atoms. The molecule has 0 saturated heterocycles. The number of nitrogens with one attached hydrogen (secondary N) is 1. The number of hydrogen-bond donors (Lipinski definition) is 1. The molecule has 1 N–H and O–H groups in total. The van der Waals surface area contributed by atoms with Crippen LogP contribution in [0.25, 0.3) is 0 Å². The van der Waals surface area contributed by atoms with E-state index in [0.29, 0.717) is 5.92 Å². The lowest BCUT2D eigenvalue weighted by molar-refractivity contribution is 0.576. The predicted molar refractivity (Wildman–Crippen MR) is 60.8 cm³/mol. The maximum atomic E-state index is 13.0. The maximum Gasteiger partial charge on any atom is 0.141 e. The van der Waals surface area contributed by atoms with E-state index in [1.165, 1.54) is 6.07 Å². The minimum Gasteiger partial charge on any atom is -0.319 e. The SMILES string of the molecule is CNCC1(c2ccc(F)c(Cl)c2)C[C@H]1C. The van der Waals surface area contributed by atoms with Gasteiger partial charge >= 0.3 is 0 Å². The largest absolute Gasteiger partial charge is 0.319 e. The van der Waals surface area contributed by atoms with E-state index in [9.17, 15) is 4.39 Å². The van der Waals surface area contributed by atoms with Crippen LogP contribution >= 0.6 is 11.6 Å². The molecule has 1 aliphatic carbocycles. The monoisotopic (exact) mass is 227 g/mol. The van der Waals surface area contributed by atoms with E-state index < -0.39 is 0 Å². The van der Waals surface area contributed by atoms with Crippen molar-refractivity contribution < 1.29 is 4.39 Å². The third kappa shape index (κ3) is 1.77. The smallest absolute Gasteiger partial charge is 0.141 e. The Bertz CT molecular complexity index is 380. The summed E-state index contributed by atoms with van der Waals surface area (Å²) in [7, 11) is 1.94. The molecule has 1 nitrogen and oxygen atoms in total. The standard InChI is InChI=1S/C12H15ClFN/c1-8-6-12(8,7-15-2)9-3-4-11(14)10(13)5-9/h3-5,8,15H,6-7H2,1-2H3/t8-,12?/m1/s1. The van der Waals surface area contributed by atoms with Gasteiger partial charge in [-0.3, -0.25) is 0 Å². The van der Waals surface area contributed by atoms with E-state index >= 15 is 0 Å². The number of likely N-dealkylation sites (N-methyl/N-ethyl adjacent to an activating group) is 1. The first-order chi connectivity index (χ1) is 7.10. The summed E-state index contributed by atoms with van der Waals surface area (Å²) in [6.45, 7) is 3.14. The fourth-order valence-corrected chi connectivity index (χ4v) is 2.54. The molecule has 0 spiro atoms. The summed E-state index contributed by atoms with van der Waals surface area (Å²) in [6, 6.07) is 5.07. The molecule has 1 aliphatic rings. The fraction of sp³-hybridized carbons (Fsp3) is 0.500. The van der Waals surface area contributed by atoms with E-state index in [-0.39, 0.29) is 16.3 Å². The lowest BCUT2D eigenvalue weighted by Crippen LogP contribution is -2.25. The van der Waals surface area contributed by atoms with E-state index in [4.69, 9.17) is 11.6 Å². The predicted octanol–water partition coefficient (Wildman–Crippen LogP) is 2.98. The van der Waals surface area contributed by atoms with Crippen molar-refractivity contribution in [3.63, 3.8) is 0 Å². The molecule has 0 radical (unpaired) electrons. The number of benzene rings is 1. The normalized spacial score (nSPS) is 29.2. The highest BCUT2D eigenvalue weighted by molar-refractivity contribution is 6.30. The van der Waals surface area contributed by atoms with Crippen LogP contribution in [0.1, 0.15) is 18.9 Å². The van der Waals surface area contributed by atoms with Crippen LogP contribution in [0.4, 0.5) is 4.39 Å². The zero-order valence-electron chi connectivity index (χ0n) is 8.98. The molecule has 3 heteroatoms. The van der Waals surface area contributed by atoms with Gasteiger partial charge in [-0.2, -0.15) is 0 Å². The van der Waals surface area contributed by atoms with Crippen molar-refractivity contribution in [2.75, 3.05) is 13.6 Å². The Kier molecular flexibility index (Phi) is 2.73. The van der Waals surface area contributed by atoms with Gasteiger partial charge in [-0.05, 0) is 37.1 Å². The van der Waals surface area contributed by atoms with Crippen LogP contribution in [0.5, 0.6) is 0 Å². The summed E-state index contributed by atoms with van der Waals surface area (Å²) in [4.78, 5) is 0. The molecule has 0 aliphatic heterocycles. The molecule has 1 aromatic rings. The minimum absolute atomic E-state index is 0.173. The van der Waals surface area contributed by atoms with Gasteiger partial charge in [0.25, 0.3) is 0 Å². The van der Waals surface area contributed by atoms with Crippen LogP contribution in [0.15, 0.2) is 18.2 Å². The molecule has 1 unspecified atom stereocenters. The van der Waals surface area contributed by atoms with Crippen molar-refractivity contribution in [1.29, 1.82) is 0 Å². The first kappa shape index (κ1) is 10.9. The molecular formula is C12H15ClFN. The summed E-state index contributed by atoms with van der Waals surface area (Å²) in [5, 5.41) is 3.42. The van der Waals surface area contributed by atoms with Gasteiger partial charge in [-0.1, -0.05) is 24.6 Å². The second-order valence-electron chi connectivity index (χ2n) is 4.42. The van der Waals surface area contributed by atoms with Gasteiger partial charge in [0.15, 0.2) is 0 Å². The Balaban J connectivity index is 2.32. The van der Waals surface area contributed by atoms with Crippen molar-refractivity contribution in [2.24, 2.45) is 5.92 Å². The molecular weight excluding hydrogens is 213 g/mol. The van der Waals surface area contributed by atoms with Crippen LogP contribution in [0.2, 0.25) is 5.02 Å². The van der Waals surface area contributed by atoms with E-state index in [0.717, 1.165) is 18.5 Å². The fourth-order valence-electron chi connectivity index (χ4n) is 2.36. The quantitative estimate of drug-likeness (QED) is 0.837. The number of halogens is 2. The topological polar surface area (TPSA) is 12.0 Å². The summed E-state index contributed by atoms with van der Waals surface area (Å²) < 4.78 is 13.0. The minimum atomic E-state index is -0.340. The maximum absolute atomic E-state index is 13.0. The van der Waals surface area contributed by atoms with Crippen molar-refractivity contribution in [1.82, 2.24) is 5.32 Å². The lowest BCUT2D eigenvalue weighted by Gasteiger charge is -2.17. The van der Waals surface area contributed by atoms with Gasteiger partial charge in [0.1, 0.15) is 5.82 Å².